The summed E-state index contributed by atoms with van der Waals surface area (Å²) in [7, 11) is 0. The van der Waals surface area contributed by atoms with Crippen molar-refractivity contribution >= 4 is 22.4 Å². The lowest BCUT2D eigenvalue weighted by Gasteiger charge is -2.43. The molecule has 1 saturated heterocycles. The Bertz CT molecular complexity index is 1050. The fraction of sp³-hybridized carbons (Fsp3) is 0.519. The monoisotopic (exact) mass is 445 g/mol. The third-order valence-electron chi connectivity index (χ3n) is 7.79. The van der Waals surface area contributed by atoms with Gasteiger partial charge in [-0.1, -0.05) is 24.3 Å². The molecule has 2 aromatic carbocycles. The largest absolute Gasteiger partial charge is 0.383 e. The van der Waals surface area contributed by atoms with Gasteiger partial charge in [-0.25, -0.2) is 4.98 Å². The van der Waals surface area contributed by atoms with Crippen LogP contribution in [0, 0.1) is 0 Å². The van der Waals surface area contributed by atoms with Crippen LogP contribution in [0.15, 0.2) is 42.5 Å². The van der Waals surface area contributed by atoms with Crippen LogP contribution in [-0.2, 0) is 17.7 Å². The van der Waals surface area contributed by atoms with Crippen LogP contribution in [0.5, 0.6) is 0 Å². The van der Waals surface area contributed by atoms with Gasteiger partial charge in [-0.3, -0.25) is 4.90 Å². The zero-order valence-corrected chi connectivity index (χ0v) is 19.4. The van der Waals surface area contributed by atoms with E-state index in [-0.39, 0.29) is 0 Å². The fourth-order valence-electron chi connectivity index (χ4n) is 6.06. The van der Waals surface area contributed by atoms with Gasteiger partial charge in [0.05, 0.1) is 42.2 Å². The van der Waals surface area contributed by atoms with Gasteiger partial charge in [0.2, 0.25) is 0 Å². The third kappa shape index (κ3) is 4.34. The van der Waals surface area contributed by atoms with Crippen LogP contribution in [0.25, 0.3) is 11.0 Å². The number of aromatic nitrogens is 2. The molecule has 3 aliphatic rings. The Morgan fingerprint density at radius 3 is 2.70 bits per heavy atom. The molecule has 0 atom stereocenters. The number of hydrogen-bond donors (Lipinski definition) is 2. The molecule has 0 amide bonds. The van der Waals surface area contributed by atoms with Crippen molar-refractivity contribution in [1.29, 1.82) is 0 Å². The first-order valence-corrected chi connectivity index (χ1v) is 12.7. The zero-order valence-electron chi connectivity index (χ0n) is 19.4. The van der Waals surface area contributed by atoms with Gasteiger partial charge in [0.15, 0.2) is 0 Å². The standard InChI is InChI=1S/C27H35N5O/c1-2-8-24-23(7-1)29-26(30-24)19-32(25-9-3-5-20-6-4-14-28-27(20)25)22-12-10-21(11-13-22)31-15-17-33-18-16-31/h1-3,5,7-9,21-22,28H,4,6,10-19H2,(H,29,30). The molecule has 6 rings (SSSR count). The van der Waals surface area contributed by atoms with E-state index in [1.54, 1.807) is 0 Å². The topological polar surface area (TPSA) is 56.4 Å². The highest BCUT2D eigenvalue weighted by atomic mass is 16.5. The fourth-order valence-corrected chi connectivity index (χ4v) is 6.06. The number of morpholine rings is 1. The van der Waals surface area contributed by atoms with Crippen molar-refractivity contribution in [2.75, 3.05) is 43.1 Å². The average Bonchev–Trinajstić information content (AvgIpc) is 3.30. The summed E-state index contributed by atoms with van der Waals surface area (Å²) in [5, 5.41) is 3.73. The minimum Gasteiger partial charge on any atom is -0.383 e. The summed E-state index contributed by atoms with van der Waals surface area (Å²) in [4.78, 5) is 13.8. The molecule has 2 aliphatic heterocycles. The molecule has 6 nitrogen and oxygen atoms in total. The third-order valence-corrected chi connectivity index (χ3v) is 7.79. The minimum absolute atomic E-state index is 0.533. The van der Waals surface area contributed by atoms with Crippen molar-refractivity contribution in [3.05, 3.63) is 53.9 Å². The number of ether oxygens (including phenoxy) is 1. The number of H-pyrrole nitrogens is 1. The number of aromatic amines is 1. The summed E-state index contributed by atoms with van der Waals surface area (Å²) in [6.07, 6.45) is 7.37. The number of benzene rings is 2. The number of para-hydroxylation sites is 3. The number of hydrogen-bond acceptors (Lipinski definition) is 5. The Labute approximate surface area is 196 Å². The number of aryl methyl sites for hydroxylation is 1. The van der Waals surface area contributed by atoms with E-state index in [9.17, 15) is 0 Å². The van der Waals surface area contributed by atoms with Crippen LogP contribution in [0.2, 0.25) is 0 Å². The molecule has 2 N–H and O–H groups in total. The lowest BCUT2D eigenvalue weighted by molar-refractivity contribution is 0.00724. The number of anilines is 2. The molecule has 2 fully saturated rings. The van der Waals surface area contributed by atoms with Gasteiger partial charge in [0, 0.05) is 31.7 Å². The molecule has 1 saturated carbocycles. The quantitative estimate of drug-likeness (QED) is 0.603. The predicted octanol–water partition coefficient (Wildman–Crippen LogP) is 4.57. The SMILES string of the molecule is c1cc2c(c(N(Cc3nc4ccccc4[nH]3)C3CCC(N4CCOCC4)CC3)c1)NCCC2. The summed E-state index contributed by atoms with van der Waals surface area (Å²) in [5.74, 6) is 1.06. The predicted molar refractivity (Wildman–Crippen MR) is 134 cm³/mol. The molecule has 0 unspecified atom stereocenters. The van der Waals surface area contributed by atoms with Crippen LogP contribution in [0.3, 0.4) is 0 Å². The normalized spacial score (nSPS) is 23.8. The van der Waals surface area contributed by atoms with Crippen LogP contribution in [0.1, 0.15) is 43.5 Å². The lowest BCUT2D eigenvalue weighted by atomic mass is 9.88. The molecule has 0 bridgehead atoms. The average molecular weight is 446 g/mol. The minimum atomic E-state index is 0.533. The molecule has 6 heteroatoms. The van der Waals surface area contributed by atoms with Crippen molar-refractivity contribution in [1.82, 2.24) is 14.9 Å². The van der Waals surface area contributed by atoms with Crippen LogP contribution in [0.4, 0.5) is 11.4 Å². The molecule has 3 heterocycles. The van der Waals surface area contributed by atoms with Gasteiger partial charge >= 0.3 is 0 Å². The van der Waals surface area contributed by atoms with Crippen molar-refractivity contribution in [2.24, 2.45) is 0 Å². The van der Waals surface area contributed by atoms with Gasteiger partial charge < -0.3 is 19.9 Å². The van der Waals surface area contributed by atoms with Gasteiger partial charge in [0.25, 0.3) is 0 Å². The second-order valence-electron chi connectivity index (χ2n) is 9.78. The smallest absolute Gasteiger partial charge is 0.126 e. The first-order valence-electron chi connectivity index (χ1n) is 12.7. The van der Waals surface area contributed by atoms with Crippen LogP contribution >= 0.6 is 0 Å². The van der Waals surface area contributed by atoms with E-state index in [1.165, 1.54) is 55.5 Å². The molecule has 0 radical (unpaired) electrons. The van der Waals surface area contributed by atoms with E-state index in [2.05, 4.69) is 62.6 Å². The number of fused-ring (bicyclic) bond motifs is 2. The molecule has 1 aliphatic carbocycles. The van der Waals surface area contributed by atoms with Gasteiger partial charge in [0.1, 0.15) is 5.82 Å². The summed E-state index contributed by atoms with van der Waals surface area (Å²) in [6, 6.07) is 16.4. The van der Waals surface area contributed by atoms with E-state index in [1.807, 2.05) is 0 Å². The Hall–Kier alpha value is -2.57. The lowest BCUT2D eigenvalue weighted by Crippen LogP contribution is -2.48. The van der Waals surface area contributed by atoms with Crippen molar-refractivity contribution in [3.8, 4) is 0 Å². The Kier molecular flexibility index (Phi) is 5.95. The number of nitrogens with one attached hydrogen (secondary N) is 2. The molecular formula is C27H35N5O. The van der Waals surface area contributed by atoms with Crippen molar-refractivity contribution in [3.63, 3.8) is 0 Å². The van der Waals surface area contributed by atoms with E-state index < -0.39 is 0 Å². The van der Waals surface area contributed by atoms with Crippen molar-refractivity contribution in [2.45, 2.75) is 57.2 Å². The zero-order chi connectivity index (χ0) is 22.0. The second-order valence-corrected chi connectivity index (χ2v) is 9.78. The highest BCUT2D eigenvalue weighted by molar-refractivity contribution is 5.76. The van der Waals surface area contributed by atoms with Gasteiger partial charge in [-0.05, 0) is 62.3 Å². The molecular weight excluding hydrogens is 410 g/mol. The maximum atomic E-state index is 5.58. The Morgan fingerprint density at radius 2 is 1.85 bits per heavy atom. The first kappa shape index (κ1) is 21.0. The van der Waals surface area contributed by atoms with E-state index in [0.717, 1.165) is 56.3 Å². The highest BCUT2D eigenvalue weighted by Crippen LogP contribution is 2.38. The Morgan fingerprint density at radius 1 is 1.00 bits per heavy atom. The van der Waals surface area contributed by atoms with E-state index in [4.69, 9.17) is 9.72 Å². The van der Waals surface area contributed by atoms with E-state index in [0.29, 0.717) is 12.1 Å². The molecule has 3 aromatic rings. The van der Waals surface area contributed by atoms with Crippen molar-refractivity contribution < 1.29 is 4.74 Å². The molecule has 174 valence electrons. The number of nitrogens with zero attached hydrogens (tertiary/aromatic N) is 3. The van der Waals surface area contributed by atoms with Crippen LogP contribution in [-0.4, -0.2) is 59.8 Å². The summed E-state index contributed by atoms with van der Waals surface area (Å²) in [5.41, 5.74) is 6.32. The first-order chi connectivity index (χ1) is 16.3. The van der Waals surface area contributed by atoms with Gasteiger partial charge in [-0.15, -0.1) is 0 Å². The molecule has 0 spiro atoms. The molecule has 33 heavy (non-hydrogen) atoms. The summed E-state index contributed by atoms with van der Waals surface area (Å²) >= 11 is 0. The highest BCUT2D eigenvalue weighted by Gasteiger charge is 2.31. The summed E-state index contributed by atoms with van der Waals surface area (Å²) < 4.78 is 5.58. The second kappa shape index (κ2) is 9.35. The van der Waals surface area contributed by atoms with Crippen LogP contribution < -0.4 is 10.2 Å². The number of imidazole rings is 1. The summed E-state index contributed by atoms with van der Waals surface area (Å²) in [6.45, 7) is 5.84. The maximum absolute atomic E-state index is 5.58. The number of rotatable bonds is 5. The molecule has 1 aromatic heterocycles. The Balaban J connectivity index is 1.27. The van der Waals surface area contributed by atoms with Gasteiger partial charge in [-0.2, -0.15) is 0 Å². The van der Waals surface area contributed by atoms with E-state index >= 15 is 0 Å². The maximum Gasteiger partial charge on any atom is 0.126 e.